The Morgan fingerprint density at radius 2 is 2.23 bits per heavy atom. The SMILES string of the molecule is CC[C@H](Oc1ccccc1F)C(=O)N1CCC[C@@H]([C@H](C)N)C1. The van der Waals surface area contributed by atoms with Crippen LogP contribution in [0, 0.1) is 11.7 Å². The maximum Gasteiger partial charge on any atom is 0.263 e. The Bertz CT molecular complexity index is 507. The van der Waals surface area contributed by atoms with Gasteiger partial charge in [-0.2, -0.15) is 0 Å². The van der Waals surface area contributed by atoms with Gasteiger partial charge in [0.1, 0.15) is 0 Å². The van der Waals surface area contributed by atoms with Crippen molar-refractivity contribution in [2.24, 2.45) is 11.7 Å². The van der Waals surface area contributed by atoms with Gasteiger partial charge in [-0.3, -0.25) is 4.79 Å². The third-order valence-electron chi connectivity index (χ3n) is 4.27. The Morgan fingerprint density at radius 1 is 1.50 bits per heavy atom. The molecule has 122 valence electrons. The van der Waals surface area contributed by atoms with Gasteiger partial charge in [0.15, 0.2) is 17.7 Å². The summed E-state index contributed by atoms with van der Waals surface area (Å²) in [7, 11) is 0. The molecular weight excluding hydrogens is 283 g/mol. The third-order valence-corrected chi connectivity index (χ3v) is 4.27. The zero-order chi connectivity index (χ0) is 16.1. The van der Waals surface area contributed by atoms with Gasteiger partial charge in [-0.05, 0) is 44.2 Å². The first-order chi connectivity index (χ1) is 10.5. The molecule has 3 atom stereocenters. The number of amides is 1. The lowest BCUT2D eigenvalue weighted by atomic mass is 9.92. The minimum Gasteiger partial charge on any atom is -0.478 e. The number of benzene rings is 1. The Kier molecular flexibility index (Phi) is 5.77. The van der Waals surface area contributed by atoms with Crippen molar-refractivity contribution in [3.8, 4) is 5.75 Å². The second-order valence-electron chi connectivity index (χ2n) is 5.99. The average molecular weight is 308 g/mol. The first-order valence-corrected chi connectivity index (χ1v) is 7.98. The first kappa shape index (κ1) is 16.7. The molecule has 4 nitrogen and oxygen atoms in total. The molecule has 2 N–H and O–H groups in total. The van der Waals surface area contributed by atoms with Crippen LogP contribution in [0.3, 0.4) is 0 Å². The van der Waals surface area contributed by atoms with Gasteiger partial charge in [0, 0.05) is 19.1 Å². The molecule has 1 aromatic rings. The van der Waals surface area contributed by atoms with E-state index in [0.717, 1.165) is 19.4 Å². The molecule has 0 bridgehead atoms. The number of piperidine rings is 1. The number of para-hydroxylation sites is 1. The number of hydrogen-bond donors (Lipinski definition) is 1. The Morgan fingerprint density at radius 3 is 2.86 bits per heavy atom. The molecule has 0 saturated carbocycles. The van der Waals surface area contributed by atoms with E-state index in [1.807, 2.05) is 18.7 Å². The van der Waals surface area contributed by atoms with Gasteiger partial charge in [-0.25, -0.2) is 4.39 Å². The summed E-state index contributed by atoms with van der Waals surface area (Å²) < 4.78 is 19.3. The van der Waals surface area contributed by atoms with Crippen LogP contribution in [-0.4, -0.2) is 36.0 Å². The zero-order valence-corrected chi connectivity index (χ0v) is 13.3. The highest BCUT2D eigenvalue weighted by molar-refractivity contribution is 5.81. The second-order valence-corrected chi connectivity index (χ2v) is 5.99. The summed E-state index contributed by atoms with van der Waals surface area (Å²) in [5.41, 5.74) is 5.96. The highest BCUT2D eigenvalue weighted by atomic mass is 19.1. The predicted octanol–water partition coefficient (Wildman–Crippen LogP) is 2.57. The number of hydrogen-bond acceptors (Lipinski definition) is 3. The Balaban J connectivity index is 2.04. The Labute approximate surface area is 131 Å². The fourth-order valence-electron chi connectivity index (χ4n) is 2.84. The van der Waals surface area contributed by atoms with E-state index >= 15 is 0 Å². The molecule has 2 rings (SSSR count). The van der Waals surface area contributed by atoms with Crippen LogP contribution in [0.25, 0.3) is 0 Å². The van der Waals surface area contributed by atoms with Crippen LogP contribution < -0.4 is 10.5 Å². The van der Waals surface area contributed by atoms with Crippen molar-refractivity contribution in [3.05, 3.63) is 30.1 Å². The highest BCUT2D eigenvalue weighted by Crippen LogP contribution is 2.22. The van der Waals surface area contributed by atoms with Gasteiger partial charge in [-0.1, -0.05) is 19.1 Å². The highest BCUT2D eigenvalue weighted by Gasteiger charge is 2.30. The molecule has 0 spiro atoms. The van der Waals surface area contributed by atoms with Crippen molar-refractivity contribution < 1.29 is 13.9 Å². The molecule has 1 aromatic carbocycles. The summed E-state index contributed by atoms with van der Waals surface area (Å²) in [5.74, 6) is -0.0657. The second kappa shape index (κ2) is 7.58. The maximum absolute atomic E-state index is 13.7. The maximum atomic E-state index is 13.7. The number of ether oxygens (including phenoxy) is 1. The zero-order valence-electron chi connectivity index (χ0n) is 13.3. The Hall–Kier alpha value is -1.62. The molecule has 1 heterocycles. The van der Waals surface area contributed by atoms with E-state index in [1.54, 1.807) is 18.2 Å². The molecule has 0 aromatic heterocycles. The quantitative estimate of drug-likeness (QED) is 0.909. The summed E-state index contributed by atoms with van der Waals surface area (Å²) >= 11 is 0. The third kappa shape index (κ3) is 3.97. The molecular formula is C17H25FN2O2. The summed E-state index contributed by atoms with van der Waals surface area (Å²) in [5, 5.41) is 0. The van der Waals surface area contributed by atoms with Gasteiger partial charge in [0.05, 0.1) is 0 Å². The van der Waals surface area contributed by atoms with Crippen molar-refractivity contribution in [1.29, 1.82) is 0 Å². The van der Waals surface area contributed by atoms with Crippen molar-refractivity contribution >= 4 is 5.91 Å². The number of likely N-dealkylation sites (tertiary alicyclic amines) is 1. The van der Waals surface area contributed by atoms with Crippen LogP contribution in [0.15, 0.2) is 24.3 Å². The average Bonchev–Trinajstić information content (AvgIpc) is 2.53. The number of carbonyl (C=O) groups excluding carboxylic acids is 1. The van der Waals surface area contributed by atoms with Crippen molar-refractivity contribution in [3.63, 3.8) is 0 Å². The van der Waals surface area contributed by atoms with Crippen LogP contribution in [0.5, 0.6) is 5.75 Å². The standard InChI is InChI=1S/C17H25FN2O2/c1-3-15(22-16-9-5-4-8-14(16)18)17(21)20-10-6-7-13(11-20)12(2)19/h4-5,8-9,12-13,15H,3,6-7,10-11,19H2,1-2H3/t12-,13+,15-/m0/s1. The van der Waals surface area contributed by atoms with Gasteiger partial charge in [0.25, 0.3) is 5.91 Å². The molecule has 22 heavy (non-hydrogen) atoms. The molecule has 0 unspecified atom stereocenters. The molecule has 0 aliphatic carbocycles. The molecule has 1 amide bonds. The fourth-order valence-corrected chi connectivity index (χ4v) is 2.84. The topological polar surface area (TPSA) is 55.6 Å². The van der Waals surface area contributed by atoms with E-state index in [-0.39, 0.29) is 17.7 Å². The van der Waals surface area contributed by atoms with Gasteiger partial charge < -0.3 is 15.4 Å². The summed E-state index contributed by atoms with van der Waals surface area (Å²) in [6.07, 6.45) is 1.86. The lowest BCUT2D eigenvalue weighted by Crippen LogP contribution is -2.49. The number of halogens is 1. The number of carbonyl (C=O) groups is 1. The molecule has 1 saturated heterocycles. The van der Waals surface area contributed by atoms with E-state index in [1.165, 1.54) is 6.07 Å². The molecule has 1 aliphatic heterocycles. The van der Waals surface area contributed by atoms with Crippen LogP contribution >= 0.6 is 0 Å². The summed E-state index contributed by atoms with van der Waals surface area (Å²) in [4.78, 5) is 14.5. The minimum atomic E-state index is -0.649. The molecule has 5 heteroatoms. The van der Waals surface area contributed by atoms with Crippen LogP contribution in [0.4, 0.5) is 4.39 Å². The summed E-state index contributed by atoms with van der Waals surface area (Å²) in [6.45, 7) is 5.23. The van der Waals surface area contributed by atoms with Crippen LogP contribution in [0.2, 0.25) is 0 Å². The first-order valence-electron chi connectivity index (χ1n) is 7.98. The minimum absolute atomic E-state index is 0.0724. The monoisotopic (exact) mass is 308 g/mol. The van der Waals surface area contributed by atoms with E-state index in [0.29, 0.717) is 18.9 Å². The van der Waals surface area contributed by atoms with E-state index in [2.05, 4.69) is 0 Å². The van der Waals surface area contributed by atoms with Crippen LogP contribution in [0.1, 0.15) is 33.1 Å². The molecule has 0 radical (unpaired) electrons. The lowest BCUT2D eigenvalue weighted by Gasteiger charge is -2.36. The lowest BCUT2D eigenvalue weighted by molar-refractivity contribution is -0.140. The summed E-state index contributed by atoms with van der Waals surface area (Å²) in [6, 6.07) is 6.25. The molecule has 1 fully saturated rings. The van der Waals surface area contributed by atoms with Crippen LogP contribution in [-0.2, 0) is 4.79 Å². The van der Waals surface area contributed by atoms with Crippen molar-refractivity contribution in [2.45, 2.75) is 45.3 Å². The predicted molar refractivity (Wildman–Crippen MR) is 84.1 cm³/mol. The van der Waals surface area contributed by atoms with Gasteiger partial charge in [0.2, 0.25) is 0 Å². The molecule has 1 aliphatic rings. The number of rotatable bonds is 5. The van der Waals surface area contributed by atoms with Crippen molar-refractivity contribution in [2.75, 3.05) is 13.1 Å². The largest absolute Gasteiger partial charge is 0.478 e. The number of nitrogens with zero attached hydrogens (tertiary/aromatic N) is 1. The van der Waals surface area contributed by atoms with E-state index in [4.69, 9.17) is 10.5 Å². The smallest absolute Gasteiger partial charge is 0.263 e. The fraction of sp³-hybridized carbons (Fsp3) is 0.588. The van der Waals surface area contributed by atoms with Gasteiger partial charge >= 0.3 is 0 Å². The van der Waals surface area contributed by atoms with Crippen molar-refractivity contribution in [1.82, 2.24) is 4.90 Å². The number of nitrogens with two attached hydrogens (primary N) is 1. The van der Waals surface area contributed by atoms with E-state index < -0.39 is 11.9 Å². The van der Waals surface area contributed by atoms with Gasteiger partial charge in [-0.15, -0.1) is 0 Å². The normalized spacial score (nSPS) is 21.3. The van der Waals surface area contributed by atoms with E-state index in [9.17, 15) is 9.18 Å².